The molecule has 0 spiro atoms. The normalized spacial score (nSPS) is 11.6. The van der Waals surface area contributed by atoms with E-state index in [-0.39, 0.29) is 5.97 Å². The van der Waals surface area contributed by atoms with Gasteiger partial charge in [-0.1, -0.05) is 11.6 Å². The number of thiophene rings is 1. The molecule has 4 nitrogen and oxygen atoms in total. The molecule has 0 unspecified atom stereocenters. The Balaban J connectivity index is 2.43. The summed E-state index contributed by atoms with van der Waals surface area (Å²) in [5.41, 5.74) is 0.424. The topological polar surface area (TPSA) is 44.1 Å². The average Bonchev–Trinajstić information content (AvgIpc) is 2.95. The van der Waals surface area contributed by atoms with Gasteiger partial charge in [-0.15, -0.1) is 11.3 Å². The highest BCUT2D eigenvalue weighted by Gasteiger charge is 2.17. The van der Waals surface area contributed by atoms with Crippen LogP contribution in [0.4, 0.5) is 0 Å². The third-order valence-corrected chi connectivity index (χ3v) is 3.62. The van der Waals surface area contributed by atoms with Crippen molar-refractivity contribution >= 4 is 40.6 Å². The molecule has 0 bridgehead atoms. The van der Waals surface area contributed by atoms with Crippen molar-refractivity contribution in [3.05, 3.63) is 39.6 Å². The maximum atomic E-state index is 12.0. The van der Waals surface area contributed by atoms with Gasteiger partial charge in [0.25, 0.3) is 0 Å². The molecule has 0 fully saturated rings. The Morgan fingerprint density at radius 2 is 2.37 bits per heavy atom. The first-order valence-corrected chi connectivity index (χ1v) is 6.93. The van der Waals surface area contributed by atoms with E-state index in [0.29, 0.717) is 22.3 Å². The molecule has 0 aliphatic rings. The number of carbonyl (C=O) groups is 1. The summed E-state index contributed by atoms with van der Waals surface area (Å²) < 4.78 is 7.52. The Labute approximate surface area is 120 Å². The van der Waals surface area contributed by atoms with Gasteiger partial charge in [-0.05, 0) is 25.1 Å². The zero-order valence-corrected chi connectivity index (χ0v) is 12.2. The lowest BCUT2D eigenvalue weighted by Crippen LogP contribution is -2.10. The van der Waals surface area contributed by atoms with Gasteiger partial charge in [0.1, 0.15) is 11.4 Å². The molecule has 2 aromatic heterocycles. The zero-order valence-electron chi connectivity index (χ0n) is 10.6. The van der Waals surface area contributed by atoms with Crippen LogP contribution in [-0.4, -0.2) is 22.1 Å². The Bertz CT molecular complexity index is 616. The highest BCUT2D eigenvalue weighted by atomic mass is 35.5. The molecule has 2 heterocycles. The molecular weight excluding hydrogens is 284 g/mol. The number of hydrogen-bond acceptors (Lipinski definition) is 4. The lowest BCUT2D eigenvalue weighted by atomic mass is 10.2. The van der Waals surface area contributed by atoms with Gasteiger partial charge in [-0.3, -0.25) is 0 Å². The van der Waals surface area contributed by atoms with E-state index in [2.05, 4.69) is 4.98 Å². The summed E-state index contributed by atoms with van der Waals surface area (Å²) in [6, 6.07) is 3.65. The van der Waals surface area contributed by atoms with E-state index in [0.717, 1.165) is 4.88 Å². The average molecular weight is 297 g/mol. The molecule has 0 amide bonds. The van der Waals surface area contributed by atoms with Crippen LogP contribution in [0.25, 0.3) is 11.6 Å². The molecule has 0 aliphatic heterocycles. The minimum Gasteiger partial charge on any atom is -0.462 e. The predicted octanol–water partition coefficient (Wildman–Crippen LogP) is 3.24. The van der Waals surface area contributed by atoms with Crippen LogP contribution in [0.5, 0.6) is 0 Å². The summed E-state index contributed by atoms with van der Waals surface area (Å²) in [4.78, 5) is 17.1. The van der Waals surface area contributed by atoms with Gasteiger partial charge in [0, 0.05) is 24.3 Å². The maximum Gasteiger partial charge on any atom is 0.341 e. The highest BCUT2D eigenvalue weighted by molar-refractivity contribution is 7.17. The van der Waals surface area contributed by atoms with Crippen molar-refractivity contribution in [2.24, 2.45) is 7.05 Å². The van der Waals surface area contributed by atoms with E-state index < -0.39 is 0 Å². The fourth-order valence-corrected chi connectivity index (χ4v) is 2.60. The van der Waals surface area contributed by atoms with Gasteiger partial charge >= 0.3 is 5.97 Å². The van der Waals surface area contributed by atoms with Crippen molar-refractivity contribution in [3.8, 4) is 0 Å². The van der Waals surface area contributed by atoms with E-state index in [9.17, 15) is 4.79 Å². The van der Waals surface area contributed by atoms with Crippen LogP contribution >= 0.6 is 22.9 Å². The van der Waals surface area contributed by atoms with Crippen molar-refractivity contribution in [2.45, 2.75) is 6.92 Å². The number of hydrogen-bond donors (Lipinski definition) is 0. The molecule has 0 aliphatic carbocycles. The Hall–Kier alpha value is -1.59. The Kier molecular flexibility index (Phi) is 4.39. The van der Waals surface area contributed by atoms with Crippen LogP contribution in [0.3, 0.4) is 0 Å². The molecule has 0 saturated carbocycles. The first-order chi connectivity index (χ1) is 9.11. The molecule has 0 atom stereocenters. The third kappa shape index (κ3) is 3.24. The number of esters is 1. The van der Waals surface area contributed by atoms with Gasteiger partial charge in [0.15, 0.2) is 0 Å². The summed E-state index contributed by atoms with van der Waals surface area (Å²) in [6.45, 7) is 2.10. The van der Waals surface area contributed by atoms with Crippen molar-refractivity contribution in [1.82, 2.24) is 9.55 Å². The van der Waals surface area contributed by atoms with Crippen molar-refractivity contribution in [2.75, 3.05) is 6.61 Å². The molecular formula is C13H13ClN2O2S. The number of rotatable bonds is 4. The van der Waals surface area contributed by atoms with E-state index in [1.165, 1.54) is 11.3 Å². The molecule has 19 heavy (non-hydrogen) atoms. The Morgan fingerprint density at radius 1 is 1.58 bits per heavy atom. The molecule has 6 heteroatoms. The fraction of sp³-hybridized carbons (Fsp3) is 0.231. The maximum absolute atomic E-state index is 12.0. The summed E-state index contributed by atoms with van der Waals surface area (Å²) in [5, 5.41) is 0. The largest absolute Gasteiger partial charge is 0.462 e. The van der Waals surface area contributed by atoms with Gasteiger partial charge in [-0.2, -0.15) is 0 Å². The van der Waals surface area contributed by atoms with Crippen LogP contribution in [0, 0.1) is 0 Å². The van der Waals surface area contributed by atoms with Crippen LogP contribution in [-0.2, 0) is 16.6 Å². The van der Waals surface area contributed by atoms with Crippen LogP contribution in [0.1, 0.15) is 17.6 Å². The number of ether oxygens (including phenoxy) is 1. The lowest BCUT2D eigenvalue weighted by molar-refractivity contribution is -0.136. The minimum atomic E-state index is -0.388. The third-order valence-electron chi connectivity index (χ3n) is 2.44. The molecule has 0 aromatic carbocycles. The number of halogens is 1. The fourth-order valence-electron chi connectivity index (χ4n) is 1.60. The smallest absolute Gasteiger partial charge is 0.341 e. The number of aryl methyl sites for hydroxylation is 1. The first kappa shape index (κ1) is 13.8. The first-order valence-electron chi connectivity index (χ1n) is 5.73. The van der Waals surface area contributed by atoms with Crippen LogP contribution in [0.2, 0.25) is 4.34 Å². The van der Waals surface area contributed by atoms with Gasteiger partial charge in [-0.25, -0.2) is 9.78 Å². The van der Waals surface area contributed by atoms with E-state index in [4.69, 9.17) is 16.3 Å². The highest BCUT2D eigenvalue weighted by Crippen LogP contribution is 2.26. The molecule has 0 N–H and O–H groups in total. The van der Waals surface area contributed by atoms with Gasteiger partial charge in [0.2, 0.25) is 0 Å². The van der Waals surface area contributed by atoms with Gasteiger partial charge in [0.05, 0.1) is 10.9 Å². The van der Waals surface area contributed by atoms with Crippen molar-refractivity contribution in [3.63, 3.8) is 0 Å². The zero-order chi connectivity index (χ0) is 13.8. The molecule has 0 radical (unpaired) electrons. The van der Waals surface area contributed by atoms with E-state index >= 15 is 0 Å². The Morgan fingerprint density at radius 3 is 2.89 bits per heavy atom. The van der Waals surface area contributed by atoms with Crippen molar-refractivity contribution in [1.29, 1.82) is 0 Å². The monoisotopic (exact) mass is 296 g/mol. The second kappa shape index (κ2) is 6.04. The van der Waals surface area contributed by atoms with Crippen molar-refractivity contribution < 1.29 is 9.53 Å². The predicted molar refractivity (Wildman–Crippen MR) is 77.0 cm³/mol. The number of imidazole rings is 1. The molecule has 100 valence electrons. The standard InChI is InChI=1S/C13H13ClN2O2S/c1-3-18-13(17)10(12-15-6-7-16(12)2)8-9-4-5-11(14)19-9/h4-8H,3H2,1-2H3/b10-8-. The number of aromatic nitrogens is 2. The van der Waals surface area contributed by atoms with E-state index in [1.807, 2.05) is 13.1 Å². The quantitative estimate of drug-likeness (QED) is 0.642. The van der Waals surface area contributed by atoms with Crippen LogP contribution in [0.15, 0.2) is 24.5 Å². The summed E-state index contributed by atoms with van der Waals surface area (Å²) in [7, 11) is 1.83. The second-order valence-corrected chi connectivity index (χ2v) is 5.53. The van der Waals surface area contributed by atoms with E-state index in [1.54, 1.807) is 36.0 Å². The summed E-state index contributed by atoms with van der Waals surface area (Å²) in [5.74, 6) is 0.185. The number of carbonyl (C=O) groups excluding carboxylic acids is 1. The molecule has 0 saturated heterocycles. The van der Waals surface area contributed by atoms with Gasteiger partial charge < -0.3 is 9.30 Å². The minimum absolute atomic E-state index is 0.325. The lowest BCUT2D eigenvalue weighted by Gasteiger charge is -2.06. The molecule has 2 rings (SSSR count). The second-order valence-electron chi connectivity index (χ2n) is 3.78. The number of nitrogens with zero attached hydrogens (tertiary/aromatic N) is 2. The molecule has 2 aromatic rings. The summed E-state index contributed by atoms with van der Waals surface area (Å²) in [6.07, 6.45) is 5.17. The van der Waals surface area contributed by atoms with Crippen LogP contribution < -0.4 is 0 Å². The SMILES string of the molecule is CCOC(=O)/C(=C\c1ccc(Cl)s1)c1nccn1C. The summed E-state index contributed by atoms with van der Waals surface area (Å²) >= 11 is 7.29.